The number of hydrogen-bond acceptors (Lipinski definition) is 3. The van der Waals surface area contributed by atoms with Gasteiger partial charge < -0.3 is 16.4 Å². The van der Waals surface area contributed by atoms with Crippen molar-refractivity contribution < 1.29 is 4.79 Å². The molecular weight excluding hydrogens is 178 g/mol. The van der Waals surface area contributed by atoms with Crippen LogP contribution in [-0.4, -0.2) is 12.5 Å². The number of nitrogen functional groups attached to an aromatic ring is 1. The number of carbonyl (C=O) groups is 1. The van der Waals surface area contributed by atoms with Gasteiger partial charge in [0.15, 0.2) is 0 Å². The summed E-state index contributed by atoms with van der Waals surface area (Å²) in [4.78, 5) is 11.5. The third-order valence-electron chi connectivity index (χ3n) is 2.39. The molecule has 0 fully saturated rings. The normalized spacial score (nSPS) is 20.4. The summed E-state index contributed by atoms with van der Waals surface area (Å²) in [5.74, 6) is -0.0105. The van der Waals surface area contributed by atoms with E-state index in [0.29, 0.717) is 12.2 Å². The molecule has 4 heteroatoms. The van der Waals surface area contributed by atoms with Crippen LogP contribution < -0.4 is 16.4 Å². The van der Waals surface area contributed by atoms with Gasteiger partial charge in [-0.05, 0) is 12.1 Å². The summed E-state index contributed by atoms with van der Waals surface area (Å²) in [5, 5.41) is 6.00. The van der Waals surface area contributed by atoms with Gasteiger partial charge in [0.1, 0.15) is 0 Å². The lowest BCUT2D eigenvalue weighted by atomic mass is 10.2. The number of rotatable bonds is 0. The summed E-state index contributed by atoms with van der Waals surface area (Å²) in [5.41, 5.74) is 8.04. The second-order valence-electron chi connectivity index (χ2n) is 3.54. The quantitative estimate of drug-likeness (QED) is 0.541. The van der Waals surface area contributed by atoms with Gasteiger partial charge in [-0.15, -0.1) is 0 Å². The van der Waals surface area contributed by atoms with Crippen LogP contribution in [0.2, 0.25) is 0 Å². The summed E-state index contributed by atoms with van der Waals surface area (Å²) in [6.45, 7) is 2.50. The zero-order valence-electron chi connectivity index (χ0n) is 8.00. The zero-order chi connectivity index (χ0) is 10.1. The minimum Gasteiger partial charge on any atom is -0.397 e. The predicted octanol–water partition coefficient (Wildman–Crippen LogP) is 1.27. The van der Waals surface area contributed by atoms with Crippen molar-refractivity contribution in [2.24, 2.45) is 5.92 Å². The highest BCUT2D eigenvalue weighted by atomic mass is 16.1. The van der Waals surface area contributed by atoms with Crippen LogP contribution in [0.15, 0.2) is 18.2 Å². The topological polar surface area (TPSA) is 67.2 Å². The summed E-state index contributed by atoms with van der Waals surface area (Å²) >= 11 is 0. The Morgan fingerprint density at radius 1 is 1.50 bits per heavy atom. The van der Waals surface area contributed by atoms with Crippen molar-refractivity contribution in [1.82, 2.24) is 0 Å². The van der Waals surface area contributed by atoms with Crippen LogP contribution >= 0.6 is 0 Å². The zero-order valence-corrected chi connectivity index (χ0v) is 8.00. The SMILES string of the molecule is CC1CNc2c(N)cccc2NC1=O. The Hall–Kier alpha value is -1.71. The molecule has 4 nitrogen and oxygen atoms in total. The van der Waals surface area contributed by atoms with Crippen LogP contribution in [-0.2, 0) is 4.79 Å². The van der Waals surface area contributed by atoms with Gasteiger partial charge in [-0.2, -0.15) is 0 Å². The first-order valence-corrected chi connectivity index (χ1v) is 4.61. The lowest BCUT2D eigenvalue weighted by Crippen LogP contribution is -2.22. The van der Waals surface area contributed by atoms with Gasteiger partial charge in [-0.1, -0.05) is 13.0 Å². The maximum Gasteiger partial charge on any atom is 0.229 e. The highest BCUT2D eigenvalue weighted by molar-refractivity contribution is 5.99. The van der Waals surface area contributed by atoms with Crippen molar-refractivity contribution in [3.63, 3.8) is 0 Å². The number of amides is 1. The highest BCUT2D eigenvalue weighted by Crippen LogP contribution is 2.30. The van der Waals surface area contributed by atoms with Gasteiger partial charge in [0.2, 0.25) is 5.91 Å². The lowest BCUT2D eigenvalue weighted by molar-refractivity contribution is -0.118. The molecule has 1 aromatic rings. The number of carbonyl (C=O) groups excluding carboxylic acids is 1. The van der Waals surface area contributed by atoms with E-state index in [1.807, 2.05) is 25.1 Å². The molecule has 14 heavy (non-hydrogen) atoms. The average molecular weight is 191 g/mol. The molecule has 0 saturated heterocycles. The molecule has 0 aliphatic carbocycles. The molecule has 1 heterocycles. The fourth-order valence-corrected chi connectivity index (χ4v) is 1.48. The summed E-state index contributed by atoms with van der Waals surface area (Å²) in [7, 11) is 0. The number of fused-ring (bicyclic) bond motifs is 1. The van der Waals surface area contributed by atoms with E-state index in [0.717, 1.165) is 11.4 Å². The fourth-order valence-electron chi connectivity index (χ4n) is 1.48. The second kappa shape index (κ2) is 3.21. The largest absolute Gasteiger partial charge is 0.397 e. The summed E-state index contributed by atoms with van der Waals surface area (Å²) in [6, 6.07) is 5.48. The van der Waals surface area contributed by atoms with Crippen molar-refractivity contribution in [3.8, 4) is 0 Å². The Labute approximate surface area is 82.5 Å². The van der Waals surface area contributed by atoms with E-state index in [4.69, 9.17) is 5.73 Å². The summed E-state index contributed by atoms with van der Waals surface area (Å²) < 4.78 is 0. The molecule has 1 aliphatic heterocycles. The third kappa shape index (κ3) is 1.39. The van der Waals surface area contributed by atoms with Crippen molar-refractivity contribution >= 4 is 23.0 Å². The van der Waals surface area contributed by atoms with E-state index in [1.165, 1.54) is 0 Å². The smallest absolute Gasteiger partial charge is 0.229 e. The van der Waals surface area contributed by atoms with Gasteiger partial charge in [0.25, 0.3) is 0 Å². The number of benzene rings is 1. The molecule has 0 radical (unpaired) electrons. The minimum absolute atomic E-state index is 0.0295. The number of anilines is 3. The van der Waals surface area contributed by atoms with E-state index < -0.39 is 0 Å². The fraction of sp³-hybridized carbons (Fsp3) is 0.300. The molecule has 0 bridgehead atoms. The van der Waals surface area contributed by atoms with Crippen molar-refractivity contribution in [3.05, 3.63) is 18.2 Å². The van der Waals surface area contributed by atoms with Gasteiger partial charge >= 0.3 is 0 Å². The van der Waals surface area contributed by atoms with Crippen molar-refractivity contribution in [2.45, 2.75) is 6.92 Å². The number of nitrogens with one attached hydrogen (secondary N) is 2. The molecule has 1 aromatic carbocycles. The molecule has 74 valence electrons. The average Bonchev–Trinajstić information content (AvgIpc) is 2.29. The minimum atomic E-state index is -0.0400. The van der Waals surface area contributed by atoms with Crippen LogP contribution in [0, 0.1) is 5.92 Å². The predicted molar refractivity (Wildman–Crippen MR) is 57.1 cm³/mol. The Balaban J connectivity index is 2.42. The second-order valence-corrected chi connectivity index (χ2v) is 3.54. The maximum atomic E-state index is 11.5. The molecular formula is C10H13N3O. The molecule has 4 N–H and O–H groups in total. The van der Waals surface area contributed by atoms with Gasteiger partial charge in [0.05, 0.1) is 23.0 Å². The molecule has 0 saturated carbocycles. The molecule has 1 unspecified atom stereocenters. The van der Waals surface area contributed by atoms with Gasteiger partial charge in [-0.25, -0.2) is 0 Å². The van der Waals surface area contributed by atoms with Gasteiger partial charge in [0, 0.05) is 6.54 Å². The Bertz CT molecular complexity index is 376. The molecule has 1 amide bonds. The monoisotopic (exact) mass is 191 g/mol. The van der Waals surface area contributed by atoms with Crippen LogP contribution in [0.4, 0.5) is 17.1 Å². The van der Waals surface area contributed by atoms with Crippen molar-refractivity contribution in [1.29, 1.82) is 0 Å². The molecule has 0 spiro atoms. The first-order valence-electron chi connectivity index (χ1n) is 4.61. The third-order valence-corrected chi connectivity index (χ3v) is 2.39. The molecule has 1 aliphatic rings. The Kier molecular flexibility index (Phi) is 2.04. The Morgan fingerprint density at radius 3 is 3.07 bits per heavy atom. The molecule has 0 aromatic heterocycles. The molecule has 2 rings (SSSR count). The van der Waals surface area contributed by atoms with E-state index >= 15 is 0 Å². The van der Waals surface area contributed by atoms with Crippen LogP contribution in [0.1, 0.15) is 6.92 Å². The standard InChI is InChI=1S/C10H13N3O/c1-6-5-12-9-7(11)3-2-4-8(9)13-10(6)14/h2-4,6,12H,5,11H2,1H3,(H,13,14). The Morgan fingerprint density at radius 2 is 2.29 bits per heavy atom. The lowest BCUT2D eigenvalue weighted by Gasteiger charge is -2.09. The van der Waals surface area contributed by atoms with Crippen molar-refractivity contribution in [2.75, 3.05) is 22.9 Å². The number of hydrogen-bond donors (Lipinski definition) is 3. The first-order chi connectivity index (χ1) is 6.68. The van der Waals surface area contributed by atoms with E-state index in [-0.39, 0.29) is 11.8 Å². The van der Waals surface area contributed by atoms with E-state index in [2.05, 4.69) is 10.6 Å². The van der Waals surface area contributed by atoms with Crippen LogP contribution in [0.5, 0.6) is 0 Å². The van der Waals surface area contributed by atoms with Gasteiger partial charge in [-0.3, -0.25) is 4.79 Å². The van der Waals surface area contributed by atoms with E-state index in [1.54, 1.807) is 0 Å². The van der Waals surface area contributed by atoms with Crippen LogP contribution in [0.3, 0.4) is 0 Å². The number of para-hydroxylation sites is 1. The molecule has 1 atom stereocenters. The highest BCUT2D eigenvalue weighted by Gasteiger charge is 2.19. The summed E-state index contributed by atoms with van der Waals surface area (Å²) in [6.07, 6.45) is 0. The van der Waals surface area contributed by atoms with Crippen LogP contribution in [0.25, 0.3) is 0 Å². The maximum absolute atomic E-state index is 11.5. The number of nitrogens with two attached hydrogens (primary N) is 1. The van der Waals surface area contributed by atoms with E-state index in [9.17, 15) is 4.79 Å². The first kappa shape index (κ1) is 8.87.